The zero-order valence-corrected chi connectivity index (χ0v) is 21.1. The number of anilines is 1. The van der Waals surface area contributed by atoms with Crippen LogP contribution in [0, 0.1) is 34.0 Å². The Morgan fingerprint density at radius 2 is 1.45 bits per heavy atom. The fourth-order valence-electron chi connectivity index (χ4n) is 2.05. The molecular formula is C17H7F4I3NO6-. The second kappa shape index (κ2) is 10.9. The molecule has 0 aliphatic carbocycles. The molecule has 0 saturated carbocycles. The van der Waals surface area contributed by atoms with Gasteiger partial charge in [0.25, 0.3) is 0 Å². The minimum Gasteiger partial charge on any atom is -0.545 e. The number of nitrogens with one attached hydrogen (secondary N) is 1. The van der Waals surface area contributed by atoms with Gasteiger partial charge in [-0.1, -0.05) is 0 Å². The lowest BCUT2D eigenvalue weighted by Crippen LogP contribution is -2.27. The molecular weight excluding hydrogens is 771 g/mol. The molecule has 2 aromatic carbocycles. The lowest BCUT2D eigenvalue weighted by molar-refractivity contribution is -0.255. The minimum absolute atomic E-state index is 0.421. The minimum atomic E-state index is -2.50. The van der Waals surface area contributed by atoms with Crippen molar-refractivity contribution in [2.75, 3.05) is 11.9 Å². The molecule has 31 heavy (non-hydrogen) atoms. The van der Waals surface area contributed by atoms with Crippen LogP contribution in [0.3, 0.4) is 0 Å². The van der Waals surface area contributed by atoms with E-state index in [1.165, 1.54) is 0 Å². The fourth-order valence-corrected chi connectivity index (χ4v) is 4.13. The monoisotopic (exact) mass is 778 g/mol. The average molecular weight is 778 g/mol. The van der Waals surface area contributed by atoms with Crippen LogP contribution >= 0.6 is 67.8 Å². The number of aromatic carboxylic acids is 1. The summed E-state index contributed by atoms with van der Waals surface area (Å²) >= 11 is 6.27. The molecule has 0 bridgehead atoms. The van der Waals surface area contributed by atoms with Crippen molar-refractivity contribution in [3.63, 3.8) is 0 Å². The summed E-state index contributed by atoms with van der Waals surface area (Å²) in [5.41, 5.74) is -1.56. The van der Waals surface area contributed by atoms with Crippen molar-refractivity contribution in [2.24, 2.45) is 0 Å². The van der Waals surface area contributed by atoms with E-state index in [-0.39, 0.29) is 0 Å². The molecule has 0 radical (unpaired) electrons. The highest BCUT2D eigenvalue weighted by atomic mass is 127. The SMILES string of the molecule is O=C(CCOC(=O)Nc1cc(I)c(I)c(I)c1)Oc1c(F)c(F)c(C(=O)[O-])c(F)c1F. The van der Waals surface area contributed by atoms with Gasteiger partial charge in [-0.25, -0.2) is 13.6 Å². The number of carboxylic acids is 1. The Morgan fingerprint density at radius 3 is 1.94 bits per heavy atom. The third-order valence-corrected chi connectivity index (χ3v) is 8.34. The number of carbonyl (C=O) groups is 3. The largest absolute Gasteiger partial charge is 0.545 e. The van der Waals surface area contributed by atoms with E-state index in [9.17, 15) is 37.1 Å². The Kier molecular flexibility index (Phi) is 9.10. The number of rotatable bonds is 6. The first-order chi connectivity index (χ1) is 14.4. The summed E-state index contributed by atoms with van der Waals surface area (Å²) in [6, 6.07) is 3.34. The predicted octanol–water partition coefficient (Wildman–Crippen LogP) is 3.96. The Hall–Kier alpha value is -1.44. The number of hydrogen-bond donors (Lipinski definition) is 1. The molecule has 0 atom stereocenters. The van der Waals surface area contributed by atoms with Crippen LogP contribution in [0.25, 0.3) is 0 Å². The lowest BCUT2D eigenvalue weighted by atomic mass is 10.1. The average Bonchev–Trinajstić information content (AvgIpc) is 2.67. The molecule has 0 fully saturated rings. The van der Waals surface area contributed by atoms with Gasteiger partial charge < -0.3 is 19.4 Å². The van der Waals surface area contributed by atoms with Crippen molar-refractivity contribution >= 4 is 91.5 Å². The Labute approximate surface area is 212 Å². The molecule has 166 valence electrons. The number of ether oxygens (including phenoxy) is 2. The smallest absolute Gasteiger partial charge is 0.411 e. The number of esters is 1. The van der Waals surface area contributed by atoms with Gasteiger partial charge in [-0.2, -0.15) is 8.78 Å². The summed E-state index contributed by atoms with van der Waals surface area (Å²) in [7, 11) is 0. The first-order valence-electron chi connectivity index (χ1n) is 7.80. The van der Waals surface area contributed by atoms with Gasteiger partial charge >= 0.3 is 12.1 Å². The maximum absolute atomic E-state index is 13.8. The quantitative estimate of drug-likeness (QED) is 0.119. The van der Waals surface area contributed by atoms with Crippen molar-refractivity contribution in [1.29, 1.82) is 0 Å². The van der Waals surface area contributed by atoms with Gasteiger partial charge in [0.15, 0.2) is 11.6 Å². The number of carboxylic acid groups (broad SMARTS) is 1. The highest BCUT2D eigenvalue weighted by Crippen LogP contribution is 2.30. The van der Waals surface area contributed by atoms with Crippen LogP contribution < -0.4 is 15.2 Å². The molecule has 0 spiro atoms. The molecule has 0 saturated heterocycles. The highest BCUT2D eigenvalue weighted by molar-refractivity contribution is 14.1. The van der Waals surface area contributed by atoms with Crippen LogP contribution in [0.1, 0.15) is 16.8 Å². The molecule has 0 heterocycles. The van der Waals surface area contributed by atoms with E-state index in [1.54, 1.807) is 12.1 Å². The first kappa shape index (κ1) is 25.8. The predicted molar refractivity (Wildman–Crippen MR) is 120 cm³/mol. The Morgan fingerprint density at radius 1 is 0.935 bits per heavy atom. The lowest BCUT2D eigenvalue weighted by Gasteiger charge is -2.12. The van der Waals surface area contributed by atoms with E-state index in [2.05, 4.69) is 77.8 Å². The maximum atomic E-state index is 13.8. The third-order valence-electron chi connectivity index (χ3n) is 3.41. The van der Waals surface area contributed by atoms with Crippen molar-refractivity contribution in [2.45, 2.75) is 6.42 Å². The highest BCUT2D eigenvalue weighted by Gasteiger charge is 2.28. The zero-order valence-electron chi connectivity index (χ0n) is 14.7. The molecule has 1 N–H and O–H groups in total. The van der Waals surface area contributed by atoms with Crippen molar-refractivity contribution < 1.29 is 46.5 Å². The van der Waals surface area contributed by atoms with Gasteiger partial charge in [0.2, 0.25) is 17.4 Å². The summed E-state index contributed by atoms with van der Waals surface area (Å²) in [6.45, 7) is -0.589. The first-order valence-corrected chi connectivity index (χ1v) is 11.0. The summed E-state index contributed by atoms with van der Waals surface area (Å²) < 4.78 is 66.4. The van der Waals surface area contributed by atoms with Crippen molar-refractivity contribution in [3.8, 4) is 5.75 Å². The molecule has 14 heteroatoms. The van der Waals surface area contributed by atoms with E-state index in [1.807, 2.05) is 0 Å². The Balaban J connectivity index is 1.97. The van der Waals surface area contributed by atoms with Gasteiger partial charge in [-0.3, -0.25) is 10.1 Å². The standard InChI is InChI=1S/C17H8F4I3NO6/c18-10-9(16(27)28)11(19)13(21)15(12(10)20)31-8(26)1-2-30-17(29)25-5-3-6(22)14(24)7(23)4-5/h3-4H,1-2H2,(H,25,29)(H,27,28)/p-1. The molecule has 0 aromatic heterocycles. The summed E-state index contributed by atoms with van der Waals surface area (Å²) in [5, 5.41) is 13.0. The van der Waals surface area contributed by atoms with Gasteiger partial charge in [-0.05, 0) is 79.9 Å². The van der Waals surface area contributed by atoms with Crippen LogP contribution in [0.5, 0.6) is 5.75 Å². The normalized spacial score (nSPS) is 10.5. The molecule has 0 unspecified atom stereocenters. The summed E-state index contributed by atoms with van der Waals surface area (Å²) in [6.07, 6.45) is -1.66. The number of hydrogen-bond acceptors (Lipinski definition) is 6. The number of carbonyl (C=O) groups excluding carboxylic acids is 3. The molecule has 0 aliphatic rings. The van der Waals surface area contributed by atoms with Crippen molar-refractivity contribution in [1.82, 2.24) is 0 Å². The van der Waals surface area contributed by atoms with Crippen LogP contribution in [-0.2, 0) is 9.53 Å². The summed E-state index contributed by atoms with van der Waals surface area (Å²) in [5.74, 6) is -14.7. The van der Waals surface area contributed by atoms with E-state index in [4.69, 9.17) is 4.74 Å². The van der Waals surface area contributed by atoms with Crippen LogP contribution in [-0.4, -0.2) is 24.6 Å². The maximum Gasteiger partial charge on any atom is 0.411 e. The third kappa shape index (κ3) is 6.30. The van der Waals surface area contributed by atoms with E-state index >= 15 is 0 Å². The number of halogens is 7. The van der Waals surface area contributed by atoms with E-state index < -0.39 is 65.6 Å². The van der Waals surface area contributed by atoms with Crippen LogP contribution in [0.15, 0.2) is 12.1 Å². The second-order valence-corrected chi connectivity index (χ2v) is 8.89. The van der Waals surface area contributed by atoms with Crippen LogP contribution in [0.2, 0.25) is 0 Å². The molecule has 2 rings (SSSR count). The topological polar surface area (TPSA) is 105 Å². The fraction of sp³-hybridized carbons (Fsp3) is 0.118. The van der Waals surface area contributed by atoms with Gasteiger partial charge in [0.1, 0.15) is 6.61 Å². The number of benzene rings is 2. The van der Waals surface area contributed by atoms with Gasteiger partial charge in [-0.15, -0.1) is 0 Å². The molecule has 1 amide bonds. The van der Waals surface area contributed by atoms with E-state index in [0.29, 0.717) is 5.69 Å². The second-order valence-electron chi connectivity index (χ2n) is 5.49. The van der Waals surface area contributed by atoms with Crippen molar-refractivity contribution in [3.05, 3.63) is 51.7 Å². The van der Waals surface area contributed by atoms with Gasteiger partial charge in [0.05, 0.1) is 18.0 Å². The summed E-state index contributed by atoms with van der Waals surface area (Å²) in [4.78, 5) is 34.0. The number of amides is 1. The molecule has 2 aromatic rings. The molecule has 0 aliphatic heterocycles. The van der Waals surface area contributed by atoms with Crippen LogP contribution in [0.4, 0.5) is 28.0 Å². The zero-order chi connectivity index (χ0) is 23.5. The van der Waals surface area contributed by atoms with E-state index in [0.717, 1.165) is 10.7 Å². The van der Waals surface area contributed by atoms with Gasteiger partial charge in [0, 0.05) is 16.4 Å². The Bertz CT molecular complexity index is 1030. The molecule has 7 nitrogen and oxygen atoms in total.